The number of likely N-dealkylation sites (tertiary alicyclic amines) is 1. The zero-order chi connectivity index (χ0) is 17.5. The molecule has 1 saturated heterocycles. The molecular formula is C21H30N2S. The highest BCUT2D eigenvalue weighted by atomic mass is 32.1. The number of hydrogen-bond acceptors (Lipinski definition) is 3. The highest BCUT2D eigenvalue weighted by molar-refractivity contribution is 7.09. The summed E-state index contributed by atoms with van der Waals surface area (Å²) in [6.45, 7) is 17.2. The monoisotopic (exact) mass is 342 g/mol. The molecule has 130 valence electrons. The predicted octanol–water partition coefficient (Wildman–Crippen LogP) is 5.61. The first-order valence-corrected chi connectivity index (χ1v) is 9.84. The molecule has 3 heteroatoms. The molecule has 0 amide bonds. The van der Waals surface area contributed by atoms with Crippen LogP contribution in [0.2, 0.25) is 0 Å². The fourth-order valence-corrected chi connectivity index (χ4v) is 3.73. The number of hydrogen-bond donors (Lipinski definition) is 0. The Hall–Kier alpha value is -1.19. The fraction of sp³-hybridized carbons (Fsp3) is 0.571. The summed E-state index contributed by atoms with van der Waals surface area (Å²) >= 11 is 1.80. The third kappa shape index (κ3) is 3.89. The lowest BCUT2D eigenvalue weighted by Crippen LogP contribution is -2.36. The second-order valence-corrected chi connectivity index (χ2v) is 10.00. The average molecular weight is 343 g/mol. The molecule has 24 heavy (non-hydrogen) atoms. The van der Waals surface area contributed by atoms with Gasteiger partial charge in [-0.05, 0) is 53.6 Å². The van der Waals surface area contributed by atoms with E-state index >= 15 is 0 Å². The van der Waals surface area contributed by atoms with E-state index in [0.717, 1.165) is 12.2 Å². The van der Waals surface area contributed by atoms with Gasteiger partial charge in [0.25, 0.3) is 0 Å². The first-order valence-electron chi connectivity index (χ1n) is 8.96. The number of rotatable bonds is 3. The molecule has 0 spiro atoms. The summed E-state index contributed by atoms with van der Waals surface area (Å²) in [6, 6.07) is 7.03. The maximum atomic E-state index is 4.93. The maximum absolute atomic E-state index is 4.93. The van der Waals surface area contributed by atoms with Gasteiger partial charge in [-0.25, -0.2) is 4.98 Å². The highest BCUT2D eigenvalue weighted by Gasteiger charge is 2.22. The summed E-state index contributed by atoms with van der Waals surface area (Å²) in [7, 11) is 0. The summed E-state index contributed by atoms with van der Waals surface area (Å²) in [5.74, 6) is 0. The van der Waals surface area contributed by atoms with E-state index < -0.39 is 0 Å². The van der Waals surface area contributed by atoms with E-state index in [1.54, 1.807) is 11.3 Å². The molecule has 0 N–H and O–H groups in total. The molecule has 1 fully saturated rings. The van der Waals surface area contributed by atoms with Crippen molar-refractivity contribution in [3.05, 3.63) is 39.7 Å². The minimum Gasteiger partial charge on any atom is -0.297 e. The van der Waals surface area contributed by atoms with Crippen LogP contribution in [0.1, 0.15) is 64.1 Å². The van der Waals surface area contributed by atoms with Crippen LogP contribution in [0.3, 0.4) is 0 Å². The van der Waals surface area contributed by atoms with E-state index in [1.165, 1.54) is 41.2 Å². The van der Waals surface area contributed by atoms with Gasteiger partial charge in [0.2, 0.25) is 0 Å². The van der Waals surface area contributed by atoms with Crippen molar-refractivity contribution in [1.82, 2.24) is 9.88 Å². The van der Waals surface area contributed by atoms with E-state index in [9.17, 15) is 0 Å². The van der Waals surface area contributed by atoms with Gasteiger partial charge in [-0.1, -0.05) is 47.6 Å². The Morgan fingerprint density at radius 1 is 0.958 bits per heavy atom. The van der Waals surface area contributed by atoms with Gasteiger partial charge >= 0.3 is 0 Å². The lowest BCUT2D eigenvalue weighted by Gasteiger charge is -2.29. The first-order chi connectivity index (χ1) is 11.1. The maximum Gasteiger partial charge on any atom is 0.107 e. The molecule has 0 bridgehead atoms. The highest BCUT2D eigenvalue weighted by Crippen LogP contribution is 2.34. The number of nitrogens with zero attached hydrogens (tertiary/aromatic N) is 2. The molecule has 1 aromatic carbocycles. The quantitative estimate of drug-likeness (QED) is 0.720. The van der Waals surface area contributed by atoms with Crippen LogP contribution >= 0.6 is 11.3 Å². The van der Waals surface area contributed by atoms with Crippen LogP contribution in [-0.2, 0) is 17.4 Å². The Morgan fingerprint density at radius 2 is 1.54 bits per heavy atom. The van der Waals surface area contributed by atoms with Crippen molar-refractivity contribution in [1.29, 1.82) is 0 Å². The molecule has 1 aliphatic heterocycles. The lowest BCUT2D eigenvalue weighted by molar-refractivity contribution is 0.172. The van der Waals surface area contributed by atoms with Gasteiger partial charge in [0.15, 0.2) is 0 Å². The van der Waals surface area contributed by atoms with Gasteiger partial charge in [0.05, 0.1) is 12.2 Å². The summed E-state index contributed by atoms with van der Waals surface area (Å²) < 4.78 is 0. The van der Waals surface area contributed by atoms with Crippen LogP contribution in [0.4, 0.5) is 0 Å². The van der Waals surface area contributed by atoms with Gasteiger partial charge in [-0.3, -0.25) is 4.90 Å². The summed E-state index contributed by atoms with van der Waals surface area (Å²) in [5, 5.41) is 3.46. The van der Waals surface area contributed by atoms with E-state index in [-0.39, 0.29) is 10.8 Å². The van der Waals surface area contributed by atoms with Gasteiger partial charge in [0, 0.05) is 10.9 Å². The van der Waals surface area contributed by atoms with Crippen molar-refractivity contribution in [2.75, 3.05) is 13.1 Å². The molecule has 0 unspecified atom stereocenters. The number of thiazole rings is 1. The molecule has 0 saturated carbocycles. The SMILES string of the molecule is CC(C)(C)c1cc(-c2csc(CN3CCC3)n2)cc(C(C)(C)C)c1. The van der Waals surface area contributed by atoms with E-state index in [2.05, 4.69) is 70.0 Å². The Labute approximate surface area is 150 Å². The molecule has 1 aliphatic rings. The van der Waals surface area contributed by atoms with E-state index in [0.29, 0.717) is 0 Å². The van der Waals surface area contributed by atoms with Crippen molar-refractivity contribution in [3.63, 3.8) is 0 Å². The topological polar surface area (TPSA) is 16.1 Å². The zero-order valence-electron chi connectivity index (χ0n) is 15.9. The summed E-state index contributed by atoms with van der Waals surface area (Å²) in [5.41, 5.74) is 5.47. The second kappa shape index (κ2) is 6.27. The minimum absolute atomic E-state index is 0.145. The molecule has 1 aromatic heterocycles. The Morgan fingerprint density at radius 3 is 2.00 bits per heavy atom. The van der Waals surface area contributed by atoms with E-state index in [4.69, 9.17) is 4.98 Å². The van der Waals surface area contributed by atoms with Gasteiger partial charge < -0.3 is 0 Å². The van der Waals surface area contributed by atoms with Crippen LogP contribution < -0.4 is 0 Å². The summed E-state index contributed by atoms with van der Waals surface area (Å²) in [6.07, 6.45) is 1.33. The van der Waals surface area contributed by atoms with Crippen molar-refractivity contribution >= 4 is 11.3 Å². The molecule has 0 aliphatic carbocycles. The second-order valence-electron chi connectivity index (χ2n) is 9.06. The van der Waals surface area contributed by atoms with Gasteiger partial charge in [-0.15, -0.1) is 11.3 Å². The molecule has 2 heterocycles. The predicted molar refractivity (Wildman–Crippen MR) is 105 cm³/mol. The largest absolute Gasteiger partial charge is 0.297 e. The van der Waals surface area contributed by atoms with Gasteiger partial charge in [0.1, 0.15) is 5.01 Å². The van der Waals surface area contributed by atoms with Crippen LogP contribution in [0.15, 0.2) is 23.6 Å². The fourth-order valence-electron chi connectivity index (χ4n) is 2.89. The van der Waals surface area contributed by atoms with Crippen LogP contribution in [0.5, 0.6) is 0 Å². The molecular weight excluding hydrogens is 312 g/mol. The normalized spacial score (nSPS) is 16.2. The van der Waals surface area contributed by atoms with Crippen LogP contribution in [0.25, 0.3) is 11.3 Å². The van der Waals surface area contributed by atoms with Crippen LogP contribution in [-0.4, -0.2) is 23.0 Å². The lowest BCUT2D eigenvalue weighted by atomic mass is 9.79. The number of aromatic nitrogens is 1. The standard InChI is InChI=1S/C21H30N2S/c1-20(2,3)16-10-15(11-17(12-16)21(4,5)6)18-14-24-19(22-18)13-23-8-7-9-23/h10-12,14H,7-9,13H2,1-6H3. The Kier molecular flexibility index (Phi) is 4.61. The van der Waals surface area contributed by atoms with Crippen molar-refractivity contribution in [3.8, 4) is 11.3 Å². The minimum atomic E-state index is 0.145. The molecule has 0 radical (unpaired) electrons. The molecule has 0 atom stereocenters. The third-order valence-corrected chi connectivity index (χ3v) is 5.65. The van der Waals surface area contributed by atoms with Crippen molar-refractivity contribution in [2.45, 2.75) is 65.3 Å². The van der Waals surface area contributed by atoms with Crippen molar-refractivity contribution in [2.24, 2.45) is 0 Å². The zero-order valence-corrected chi connectivity index (χ0v) is 16.8. The Balaban J connectivity index is 1.97. The third-order valence-electron chi connectivity index (χ3n) is 4.82. The first kappa shape index (κ1) is 17.6. The van der Waals surface area contributed by atoms with Crippen molar-refractivity contribution < 1.29 is 0 Å². The molecule has 2 nitrogen and oxygen atoms in total. The van der Waals surface area contributed by atoms with Gasteiger partial charge in [-0.2, -0.15) is 0 Å². The summed E-state index contributed by atoms with van der Waals surface area (Å²) in [4.78, 5) is 7.39. The Bertz CT molecular complexity index is 680. The molecule has 3 rings (SSSR count). The average Bonchev–Trinajstić information content (AvgIpc) is 2.89. The van der Waals surface area contributed by atoms with E-state index in [1.807, 2.05) is 0 Å². The number of benzene rings is 1. The van der Waals surface area contributed by atoms with Crippen LogP contribution in [0, 0.1) is 0 Å². The smallest absolute Gasteiger partial charge is 0.107 e. The molecule has 2 aromatic rings.